The van der Waals surface area contributed by atoms with E-state index < -0.39 is 11.9 Å². The minimum absolute atomic E-state index is 0.256. The molecule has 10 nitrogen and oxygen atoms in total. The van der Waals surface area contributed by atoms with Gasteiger partial charge in [-0.2, -0.15) is 5.10 Å². The molecular formula is C19H23N5O5. The summed E-state index contributed by atoms with van der Waals surface area (Å²) in [5, 5.41) is 19.1. The van der Waals surface area contributed by atoms with Crippen LogP contribution in [0.2, 0.25) is 0 Å². The summed E-state index contributed by atoms with van der Waals surface area (Å²) in [5.74, 6) is -0.611. The molecule has 10 heteroatoms. The number of esters is 1. The van der Waals surface area contributed by atoms with Gasteiger partial charge in [0.1, 0.15) is 5.69 Å². The Labute approximate surface area is 167 Å². The normalized spacial score (nSPS) is 14.4. The topological polar surface area (TPSA) is 126 Å². The number of aromatic nitrogens is 2. The van der Waals surface area contributed by atoms with Gasteiger partial charge in [-0.15, -0.1) is 0 Å². The Morgan fingerprint density at radius 2 is 1.79 bits per heavy atom. The molecule has 1 aliphatic heterocycles. The number of carbonyl (C=O) groups is 3. The zero-order valence-corrected chi connectivity index (χ0v) is 16.2. The number of likely N-dealkylation sites (tertiary alicyclic amines) is 1. The molecule has 0 bridgehead atoms. The molecule has 1 aliphatic rings. The molecule has 1 aromatic carbocycles. The Morgan fingerprint density at radius 1 is 1.14 bits per heavy atom. The van der Waals surface area contributed by atoms with Crippen LogP contribution in [-0.4, -0.2) is 64.0 Å². The van der Waals surface area contributed by atoms with Gasteiger partial charge < -0.3 is 20.1 Å². The highest BCUT2D eigenvalue weighted by atomic mass is 16.5. The maximum atomic E-state index is 12.5. The molecule has 29 heavy (non-hydrogen) atoms. The molecule has 1 aromatic heterocycles. The molecule has 0 spiro atoms. The summed E-state index contributed by atoms with van der Waals surface area (Å²) in [6.45, 7) is 0.934. The Bertz CT molecular complexity index is 900. The number of hydrogen-bond acceptors (Lipinski definition) is 6. The number of amides is 3. The Balaban J connectivity index is 1.62. The second kappa shape index (κ2) is 8.74. The van der Waals surface area contributed by atoms with Gasteiger partial charge in [0.25, 0.3) is 5.91 Å². The van der Waals surface area contributed by atoms with E-state index in [1.54, 1.807) is 36.2 Å². The van der Waals surface area contributed by atoms with Crippen molar-refractivity contribution < 1.29 is 24.2 Å². The summed E-state index contributed by atoms with van der Waals surface area (Å²) < 4.78 is 6.01. The van der Waals surface area contributed by atoms with Crippen molar-refractivity contribution in [2.24, 2.45) is 7.05 Å². The fourth-order valence-corrected chi connectivity index (χ4v) is 3.00. The first-order valence-corrected chi connectivity index (χ1v) is 9.15. The monoisotopic (exact) mass is 401 g/mol. The molecule has 2 heterocycles. The minimum Gasteiger partial charge on any atom is -0.465 e. The van der Waals surface area contributed by atoms with Gasteiger partial charge in [0.15, 0.2) is 5.82 Å². The number of piperidine rings is 1. The van der Waals surface area contributed by atoms with Crippen LogP contribution in [0.25, 0.3) is 0 Å². The molecule has 0 unspecified atom stereocenters. The Hall–Kier alpha value is -3.40. The number of carbonyl (C=O) groups excluding carboxylic acids is 3. The van der Waals surface area contributed by atoms with Gasteiger partial charge >= 0.3 is 12.0 Å². The molecule has 1 fully saturated rings. The van der Waals surface area contributed by atoms with Gasteiger partial charge in [0, 0.05) is 31.9 Å². The number of rotatable bonds is 4. The third-order valence-electron chi connectivity index (χ3n) is 4.66. The third kappa shape index (κ3) is 4.91. The molecule has 154 valence electrons. The van der Waals surface area contributed by atoms with Gasteiger partial charge in [0.05, 0.1) is 18.8 Å². The predicted octanol–water partition coefficient (Wildman–Crippen LogP) is 1.45. The van der Waals surface area contributed by atoms with E-state index in [9.17, 15) is 19.5 Å². The number of aliphatic hydroxyl groups excluding tert-OH is 1. The zero-order chi connectivity index (χ0) is 21.0. The van der Waals surface area contributed by atoms with Crippen molar-refractivity contribution in [3.05, 3.63) is 41.6 Å². The highest BCUT2D eigenvalue weighted by Gasteiger charge is 2.22. The van der Waals surface area contributed by atoms with E-state index in [1.807, 2.05) is 0 Å². The summed E-state index contributed by atoms with van der Waals surface area (Å²) >= 11 is 0. The van der Waals surface area contributed by atoms with Crippen molar-refractivity contribution in [1.29, 1.82) is 0 Å². The van der Waals surface area contributed by atoms with E-state index in [1.165, 1.54) is 17.9 Å². The van der Waals surface area contributed by atoms with Crippen LogP contribution in [0, 0.1) is 0 Å². The predicted molar refractivity (Wildman–Crippen MR) is 105 cm³/mol. The van der Waals surface area contributed by atoms with Crippen molar-refractivity contribution >= 4 is 29.4 Å². The van der Waals surface area contributed by atoms with Crippen LogP contribution in [-0.2, 0) is 11.8 Å². The molecule has 0 saturated carbocycles. The van der Waals surface area contributed by atoms with E-state index >= 15 is 0 Å². The Morgan fingerprint density at radius 3 is 2.41 bits per heavy atom. The van der Waals surface area contributed by atoms with Crippen LogP contribution in [0.1, 0.15) is 33.7 Å². The zero-order valence-electron chi connectivity index (χ0n) is 16.2. The van der Waals surface area contributed by atoms with E-state index in [4.69, 9.17) is 0 Å². The minimum atomic E-state index is -0.460. The number of hydrogen-bond donors (Lipinski definition) is 3. The van der Waals surface area contributed by atoms with Crippen molar-refractivity contribution in [2.45, 2.75) is 18.9 Å². The maximum absolute atomic E-state index is 12.5. The molecule has 3 rings (SSSR count). The molecule has 0 radical (unpaired) electrons. The summed E-state index contributed by atoms with van der Waals surface area (Å²) in [4.78, 5) is 37.9. The fraction of sp³-hybridized carbons (Fsp3) is 0.368. The fourth-order valence-electron chi connectivity index (χ4n) is 3.00. The van der Waals surface area contributed by atoms with Crippen molar-refractivity contribution in [3.8, 4) is 0 Å². The number of aliphatic hydroxyl groups is 1. The number of benzene rings is 1. The lowest BCUT2D eigenvalue weighted by Crippen LogP contribution is -2.42. The lowest BCUT2D eigenvalue weighted by molar-refractivity contribution is 0.0600. The average Bonchev–Trinajstić information content (AvgIpc) is 3.08. The van der Waals surface area contributed by atoms with Crippen molar-refractivity contribution in [1.82, 2.24) is 14.7 Å². The van der Waals surface area contributed by atoms with Crippen molar-refractivity contribution in [3.63, 3.8) is 0 Å². The maximum Gasteiger partial charge on any atom is 0.337 e. The summed E-state index contributed by atoms with van der Waals surface area (Å²) in [7, 11) is 2.90. The standard InChI is InChI=1S/C19H23N5O5/c1-23-15(17(26)20-13-5-3-12(4-6-13)18(27)29-2)11-16(22-23)21-19(28)24-9-7-14(25)8-10-24/h3-6,11,14,25H,7-10H2,1-2H3,(H,20,26)(H,21,22,28). The molecule has 0 atom stereocenters. The average molecular weight is 401 g/mol. The largest absolute Gasteiger partial charge is 0.465 e. The number of ether oxygens (including phenoxy) is 1. The second-order valence-electron chi connectivity index (χ2n) is 6.71. The summed E-state index contributed by atoms with van der Waals surface area (Å²) in [6, 6.07) is 7.44. The number of anilines is 2. The van der Waals surface area contributed by atoms with Gasteiger partial charge in [0.2, 0.25) is 0 Å². The van der Waals surface area contributed by atoms with E-state index in [-0.39, 0.29) is 23.6 Å². The number of nitrogens with one attached hydrogen (secondary N) is 2. The van der Waals surface area contributed by atoms with Gasteiger partial charge in [-0.3, -0.25) is 14.8 Å². The van der Waals surface area contributed by atoms with E-state index in [2.05, 4.69) is 20.5 Å². The highest BCUT2D eigenvalue weighted by molar-refractivity contribution is 6.04. The molecule has 1 saturated heterocycles. The molecule has 0 aliphatic carbocycles. The van der Waals surface area contributed by atoms with Crippen LogP contribution in [0.15, 0.2) is 30.3 Å². The van der Waals surface area contributed by atoms with Crippen molar-refractivity contribution in [2.75, 3.05) is 30.8 Å². The first-order chi connectivity index (χ1) is 13.9. The number of aryl methyl sites for hydroxylation is 1. The van der Waals surface area contributed by atoms with Gasteiger partial charge in [-0.05, 0) is 37.1 Å². The lowest BCUT2D eigenvalue weighted by atomic mass is 10.1. The van der Waals surface area contributed by atoms with Crippen LogP contribution in [0.4, 0.5) is 16.3 Å². The highest BCUT2D eigenvalue weighted by Crippen LogP contribution is 2.16. The molecule has 3 N–H and O–H groups in total. The molecular weight excluding hydrogens is 378 g/mol. The lowest BCUT2D eigenvalue weighted by Gasteiger charge is -2.29. The molecule has 3 amide bonds. The van der Waals surface area contributed by atoms with E-state index in [0.29, 0.717) is 37.2 Å². The second-order valence-corrected chi connectivity index (χ2v) is 6.71. The number of methoxy groups -OCH3 is 1. The SMILES string of the molecule is COC(=O)c1ccc(NC(=O)c2cc(NC(=O)N3CCC(O)CC3)nn2C)cc1. The number of urea groups is 1. The van der Waals surface area contributed by atoms with Gasteiger partial charge in [-0.1, -0.05) is 0 Å². The van der Waals surface area contributed by atoms with Crippen LogP contribution < -0.4 is 10.6 Å². The summed E-state index contributed by atoms with van der Waals surface area (Å²) in [6.07, 6.45) is 0.710. The first-order valence-electron chi connectivity index (χ1n) is 9.15. The summed E-state index contributed by atoms with van der Waals surface area (Å²) in [5.41, 5.74) is 1.13. The third-order valence-corrected chi connectivity index (χ3v) is 4.66. The van der Waals surface area contributed by atoms with Gasteiger partial charge in [-0.25, -0.2) is 9.59 Å². The van der Waals surface area contributed by atoms with Crippen LogP contribution in [0.5, 0.6) is 0 Å². The van der Waals surface area contributed by atoms with E-state index in [0.717, 1.165) is 0 Å². The quantitative estimate of drug-likeness (QED) is 0.666. The molecule has 2 aromatic rings. The Kier molecular flexibility index (Phi) is 6.13. The first kappa shape index (κ1) is 20.3. The van der Waals surface area contributed by atoms with Crippen LogP contribution in [0.3, 0.4) is 0 Å². The number of nitrogens with zero attached hydrogens (tertiary/aromatic N) is 3. The smallest absolute Gasteiger partial charge is 0.337 e. The van der Waals surface area contributed by atoms with Crippen LogP contribution >= 0.6 is 0 Å².